The molecule has 0 aromatic heterocycles. The smallest absolute Gasteiger partial charge is 0.416 e. The van der Waals surface area contributed by atoms with Gasteiger partial charge in [-0.15, -0.1) is 0 Å². The summed E-state index contributed by atoms with van der Waals surface area (Å²) in [7, 11) is 0. The lowest BCUT2D eigenvalue weighted by Gasteiger charge is -2.14. The van der Waals surface area contributed by atoms with Crippen molar-refractivity contribution in [2.75, 3.05) is 6.61 Å². The SMILES string of the molecule is NC(COc1ccc(C(F)(F)F)cc1)c1ccccc1F. The van der Waals surface area contributed by atoms with Gasteiger partial charge in [0.15, 0.2) is 0 Å². The van der Waals surface area contributed by atoms with E-state index in [1.165, 1.54) is 24.3 Å². The van der Waals surface area contributed by atoms with Crippen LogP contribution in [-0.2, 0) is 6.18 Å². The van der Waals surface area contributed by atoms with Crippen LogP contribution in [0.1, 0.15) is 17.2 Å². The van der Waals surface area contributed by atoms with E-state index in [1.807, 2.05) is 0 Å². The summed E-state index contributed by atoms with van der Waals surface area (Å²) in [5.41, 5.74) is 5.34. The molecule has 0 amide bonds. The predicted molar refractivity (Wildman–Crippen MR) is 70.3 cm³/mol. The molecule has 0 aliphatic rings. The van der Waals surface area contributed by atoms with Crippen LogP contribution < -0.4 is 10.5 Å². The van der Waals surface area contributed by atoms with Crippen molar-refractivity contribution in [3.63, 3.8) is 0 Å². The molecular weight excluding hydrogens is 286 g/mol. The molecule has 0 saturated heterocycles. The second-order valence-electron chi connectivity index (χ2n) is 4.46. The number of alkyl halides is 3. The Bertz CT molecular complexity index is 595. The van der Waals surface area contributed by atoms with Gasteiger partial charge in [0, 0.05) is 5.56 Å². The zero-order chi connectivity index (χ0) is 15.5. The summed E-state index contributed by atoms with van der Waals surface area (Å²) in [6.07, 6.45) is -4.39. The molecule has 0 heterocycles. The van der Waals surface area contributed by atoms with Crippen molar-refractivity contribution in [3.8, 4) is 5.75 Å². The Morgan fingerprint density at radius 3 is 2.19 bits per heavy atom. The van der Waals surface area contributed by atoms with E-state index in [0.717, 1.165) is 12.1 Å². The molecule has 21 heavy (non-hydrogen) atoms. The van der Waals surface area contributed by atoms with Crippen molar-refractivity contribution in [3.05, 3.63) is 65.5 Å². The maximum absolute atomic E-state index is 13.5. The van der Waals surface area contributed by atoms with Crippen molar-refractivity contribution in [1.82, 2.24) is 0 Å². The first-order valence-corrected chi connectivity index (χ1v) is 6.18. The highest BCUT2D eigenvalue weighted by Crippen LogP contribution is 2.30. The predicted octanol–water partition coefficient (Wildman–Crippen LogP) is 3.92. The highest BCUT2D eigenvalue weighted by atomic mass is 19.4. The van der Waals surface area contributed by atoms with Crippen LogP contribution in [0.4, 0.5) is 17.6 Å². The van der Waals surface area contributed by atoms with E-state index in [-0.39, 0.29) is 12.4 Å². The minimum absolute atomic E-state index is 0.0354. The zero-order valence-electron chi connectivity index (χ0n) is 10.9. The molecule has 0 aliphatic heterocycles. The summed E-state index contributed by atoms with van der Waals surface area (Å²) in [6, 6.07) is 9.57. The van der Waals surface area contributed by atoms with Gasteiger partial charge in [0.25, 0.3) is 0 Å². The zero-order valence-corrected chi connectivity index (χ0v) is 10.9. The lowest BCUT2D eigenvalue weighted by atomic mass is 10.1. The van der Waals surface area contributed by atoms with Gasteiger partial charge in [0.1, 0.15) is 18.2 Å². The van der Waals surface area contributed by atoms with E-state index >= 15 is 0 Å². The van der Waals surface area contributed by atoms with Crippen molar-refractivity contribution in [2.24, 2.45) is 5.73 Å². The topological polar surface area (TPSA) is 35.2 Å². The van der Waals surface area contributed by atoms with Crippen LogP contribution in [0.2, 0.25) is 0 Å². The van der Waals surface area contributed by atoms with Gasteiger partial charge in [-0.25, -0.2) is 4.39 Å². The van der Waals surface area contributed by atoms with Crippen LogP contribution in [-0.4, -0.2) is 6.61 Å². The monoisotopic (exact) mass is 299 g/mol. The standard InChI is InChI=1S/C15H13F4NO/c16-13-4-2-1-3-12(13)14(20)9-21-11-7-5-10(6-8-11)15(17,18)19/h1-8,14H,9,20H2. The van der Waals surface area contributed by atoms with Gasteiger partial charge < -0.3 is 10.5 Å². The number of rotatable bonds is 4. The van der Waals surface area contributed by atoms with Crippen LogP contribution in [0, 0.1) is 5.82 Å². The minimum Gasteiger partial charge on any atom is -0.492 e. The molecule has 0 bridgehead atoms. The van der Waals surface area contributed by atoms with E-state index in [0.29, 0.717) is 5.56 Å². The van der Waals surface area contributed by atoms with Crippen molar-refractivity contribution in [1.29, 1.82) is 0 Å². The fourth-order valence-electron chi connectivity index (χ4n) is 1.79. The summed E-state index contributed by atoms with van der Waals surface area (Å²) in [4.78, 5) is 0. The fourth-order valence-corrected chi connectivity index (χ4v) is 1.79. The molecule has 1 unspecified atom stereocenters. The molecule has 2 nitrogen and oxygen atoms in total. The van der Waals surface area contributed by atoms with Gasteiger partial charge in [0.05, 0.1) is 11.6 Å². The van der Waals surface area contributed by atoms with Gasteiger partial charge in [0.2, 0.25) is 0 Å². The summed E-state index contributed by atoms with van der Waals surface area (Å²) in [6.45, 7) is -0.0354. The molecule has 2 N–H and O–H groups in total. The Kier molecular flexibility index (Phi) is 4.47. The number of hydrogen-bond acceptors (Lipinski definition) is 2. The van der Waals surface area contributed by atoms with Crippen LogP contribution in [0.5, 0.6) is 5.75 Å². The van der Waals surface area contributed by atoms with Crippen LogP contribution in [0.25, 0.3) is 0 Å². The minimum atomic E-state index is -4.39. The molecule has 2 aromatic carbocycles. The highest BCUT2D eigenvalue weighted by Gasteiger charge is 2.30. The Labute approximate surface area is 119 Å². The lowest BCUT2D eigenvalue weighted by Crippen LogP contribution is -2.20. The van der Waals surface area contributed by atoms with E-state index in [9.17, 15) is 17.6 Å². The maximum Gasteiger partial charge on any atom is 0.416 e. The Balaban J connectivity index is 1.99. The number of nitrogens with two attached hydrogens (primary N) is 1. The number of benzene rings is 2. The number of ether oxygens (including phenoxy) is 1. The number of hydrogen-bond donors (Lipinski definition) is 1. The summed E-state index contributed by atoms with van der Waals surface area (Å²) < 4.78 is 56.0. The van der Waals surface area contributed by atoms with E-state index in [2.05, 4.69) is 0 Å². The van der Waals surface area contributed by atoms with Gasteiger partial charge >= 0.3 is 6.18 Å². The molecule has 0 spiro atoms. The molecule has 112 valence electrons. The van der Waals surface area contributed by atoms with E-state index in [1.54, 1.807) is 12.1 Å². The van der Waals surface area contributed by atoms with Gasteiger partial charge in [-0.1, -0.05) is 18.2 Å². The average Bonchev–Trinajstić information content (AvgIpc) is 2.45. The Morgan fingerprint density at radius 2 is 1.62 bits per heavy atom. The maximum atomic E-state index is 13.5. The Hall–Kier alpha value is -2.08. The first-order chi connectivity index (χ1) is 9.88. The first-order valence-electron chi connectivity index (χ1n) is 6.18. The van der Waals surface area contributed by atoms with Gasteiger partial charge in [-0.2, -0.15) is 13.2 Å². The molecule has 0 aliphatic carbocycles. The average molecular weight is 299 g/mol. The summed E-state index contributed by atoms with van der Waals surface area (Å²) in [5.74, 6) is -0.198. The second-order valence-corrected chi connectivity index (χ2v) is 4.46. The summed E-state index contributed by atoms with van der Waals surface area (Å²) >= 11 is 0. The quantitative estimate of drug-likeness (QED) is 0.868. The molecule has 0 fully saturated rings. The summed E-state index contributed by atoms with van der Waals surface area (Å²) in [5, 5.41) is 0. The molecule has 1 atom stereocenters. The van der Waals surface area contributed by atoms with Gasteiger partial charge in [-0.05, 0) is 30.3 Å². The van der Waals surface area contributed by atoms with Crippen LogP contribution >= 0.6 is 0 Å². The van der Waals surface area contributed by atoms with Crippen molar-refractivity contribution in [2.45, 2.75) is 12.2 Å². The lowest BCUT2D eigenvalue weighted by molar-refractivity contribution is -0.137. The molecule has 2 aromatic rings. The van der Waals surface area contributed by atoms with Crippen LogP contribution in [0.15, 0.2) is 48.5 Å². The van der Waals surface area contributed by atoms with E-state index in [4.69, 9.17) is 10.5 Å². The highest BCUT2D eigenvalue weighted by molar-refractivity contribution is 5.29. The van der Waals surface area contributed by atoms with Crippen molar-refractivity contribution >= 4 is 0 Å². The number of halogens is 4. The second kappa shape index (κ2) is 6.13. The van der Waals surface area contributed by atoms with E-state index < -0.39 is 23.6 Å². The van der Waals surface area contributed by atoms with Crippen LogP contribution in [0.3, 0.4) is 0 Å². The Morgan fingerprint density at radius 1 is 1.00 bits per heavy atom. The fraction of sp³-hybridized carbons (Fsp3) is 0.200. The molecule has 0 radical (unpaired) electrons. The largest absolute Gasteiger partial charge is 0.492 e. The van der Waals surface area contributed by atoms with Gasteiger partial charge in [-0.3, -0.25) is 0 Å². The third kappa shape index (κ3) is 3.95. The third-order valence-electron chi connectivity index (χ3n) is 2.92. The molecular formula is C15H13F4NO. The first kappa shape index (κ1) is 15.3. The third-order valence-corrected chi connectivity index (χ3v) is 2.92. The normalized spacial score (nSPS) is 13.0. The molecule has 6 heteroatoms. The molecule has 2 rings (SSSR count). The molecule has 0 saturated carbocycles. The van der Waals surface area contributed by atoms with Crippen molar-refractivity contribution < 1.29 is 22.3 Å².